The second-order valence-corrected chi connectivity index (χ2v) is 8.11. The number of H-pyrrole nitrogens is 1. The molecule has 162 valence electrons. The molecule has 3 aromatic rings. The number of nitrogens with zero attached hydrogens (tertiary/aromatic N) is 3. The van der Waals surface area contributed by atoms with Gasteiger partial charge in [-0.3, -0.25) is 20.0 Å². The lowest BCUT2D eigenvalue weighted by molar-refractivity contribution is -0.384. The third-order valence-corrected chi connectivity index (χ3v) is 5.32. The molecule has 1 aromatic heterocycles. The summed E-state index contributed by atoms with van der Waals surface area (Å²) in [6.45, 7) is 6.27. The van der Waals surface area contributed by atoms with Gasteiger partial charge in [-0.1, -0.05) is 43.8 Å². The van der Waals surface area contributed by atoms with Crippen molar-refractivity contribution in [2.75, 3.05) is 11.1 Å². The first kappa shape index (κ1) is 22.3. The lowest BCUT2D eigenvalue weighted by Gasteiger charge is -2.07. The summed E-state index contributed by atoms with van der Waals surface area (Å²) in [4.78, 5) is 26.9. The topological polar surface area (TPSA) is 123 Å². The highest BCUT2D eigenvalue weighted by molar-refractivity contribution is 7.99. The van der Waals surface area contributed by atoms with Crippen molar-refractivity contribution in [3.8, 4) is 5.75 Å². The van der Waals surface area contributed by atoms with E-state index in [-0.39, 0.29) is 24.0 Å². The standard InChI is InChI=1S/C21H23N5O4S/c1-13(2)15-5-8-17(9-6-15)30-11-19-23-21(25-24-19)31-12-20(27)22-18-10-16(26(28)29)7-4-14(18)3/h4-10,13H,11-12H2,1-3H3,(H,22,27)(H,23,24,25). The van der Waals surface area contributed by atoms with Crippen molar-refractivity contribution in [2.24, 2.45) is 0 Å². The van der Waals surface area contributed by atoms with Gasteiger partial charge in [-0.2, -0.15) is 0 Å². The summed E-state index contributed by atoms with van der Waals surface area (Å²) in [5, 5.41) is 20.9. The highest BCUT2D eigenvalue weighted by atomic mass is 32.2. The first-order valence-electron chi connectivity index (χ1n) is 9.63. The smallest absolute Gasteiger partial charge is 0.271 e. The number of ether oxygens (including phenoxy) is 1. The van der Waals surface area contributed by atoms with Crippen molar-refractivity contribution in [1.82, 2.24) is 15.2 Å². The summed E-state index contributed by atoms with van der Waals surface area (Å²) in [5.41, 5.74) is 2.31. The van der Waals surface area contributed by atoms with Crippen LogP contribution in [0.25, 0.3) is 0 Å². The number of nitro groups is 1. The Hall–Kier alpha value is -3.40. The molecule has 0 aliphatic rings. The van der Waals surface area contributed by atoms with Crippen LogP contribution in [-0.2, 0) is 11.4 Å². The number of aromatic nitrogens is 3. The maximum atomic E-state index is 12.2. The maximum absolute atomic E-state index is 12.2. The van der Waals surface area contributed by atoms with Gasteiger partial charge in [-0.05, 0) is 36.1 Å². The van der Waals surface area contributed by atoms with Crippen LogP contribution in [0.5, 0.6) is 5.75 Å². The predicted molar refractivity (Wildman–Crippen MR) is 118 cm³/mol. The summed E-state index contributed by atoms with van der Waals surface area (Å²) in [5.74, 6) is 1.51. The molecule has 0 fully saturated rings. The van der Waals surface area contributed by atoms with Crippen molar-refractivity contribution in [2.45, 2.75) is 38.5 Å². The number of non-ortho nitro benzene ring substituents is 1. The number of aromatic amines is 1. The number of carbonyl (C=O) groups excluding carboxylic acids is 1. The quantitative estimate of drug-likeness (QED) is 0.285. The number of rotatable bonds is 9. The van der Waals surface area contributed by atoms with E-state index in [1.54, 1.807) is 13.0 Å². The summed E-state index contributed by atoms with van der Waals surface area (Å²) in [6, 6.07) is 12.2. The van der Waals surface area contributed by atoms with E-state index in [1.807, 2.05) is 24.3 Å². The molecule has 31 heavy (non-hydrogen) atoms. The zero-order valence-electron chi connectivity index (χ0n) is 17.4. The lowest BCUT2D eigenvalue weighted by atomic mass is 10.0. The van der Waals surface area contributed by atoms with Crippen molar-refractivity contribution in [1.29, 1.82) is 0 Å². The monoisotopic (exact) mass is 441 g/mol. The number of nitrogens with one attached hydrogen (secondary N) is 2. The van der Waals surface area contributed by atoms with Crippen molar-refractivity contribution in [3.05, 3.63) is 69.5 Å². The number of aryl methyl sites for hydroxylation is 1. The third kappa shape index (κ3) is 6.29. The number of carbonyl (C=O) groups is 1. The minimum Gasteiger partial charge on any atom is -0.486 e. The van der Waals surface area contributed by atoms with E-state index in [9.17, 15) is 14.9 Å². The molecular formula is C21H23N5O4S. The molecule has 3 rings (SSSR count). The molecular weight excluding hydrogens is 418 g/mol. The molecule has 10 heteroatoms. The number of hydrogen-bond donors (Lipinski definition) is 2. The highest BCUT2D eigenvalue weighted by Gasteiger charge is 2.13. The van der Waals surface area contributed by atoms with Crippen LogP contribution in [0.1, 0.15) is 36.7 Å². The zero-order chi connectivity index (χ0) is 22.4. The van der Waals surface area contributed by atoms with Crippen LogP contribution in [-0.4, -0.2) is 31.8 Å². The summed E-state index contributed by atoms with van der Waals surface area (Å²) < 4.78 is 5.71. The average molecular weight is 442 g/mol. The van der Waals surface area contributed by atoms with Gasteiger partial charge in [0.1, 0.15) is 12.4 Å². The fourth-order valence-corrected chi connectivity index (χ4v) is 3.30. The van der Waals surface area contributed by atoms with E-state index < -0.39 is 4.92 Å². The molecule has 0 radical (unpaired) electrons. The fraction of sp³-hybridized carbons (Fsp3) is 0.286. The Morgan fingerprint density at radius 1 is 1.26 bits per heavy atom. The molecule has 0 aliphatic carbocycles. The molecule has 0 spiro atoms. The van der Waals surface area contributed by atoms with E-state index in [0.717, 1.165) is 23.1 Å². The number of amides is 1. The molecule has 0 aliphatic heterocycles. The Balaban J connectivity index is 1.49. The Morgan fingerprint density at radius 2 is 2.00 bits per heavy atom. The number of nitro benzene ring substituents is 1. The van der Waals surface area contributed by atoms with Gasteiger partial charge >= 0.3 is 0 Å². The Kier molecular flexibility index (Phi) is 7.24. The van der Waals surface area contributed by atoms with Crippen LogP contribution >= 0.6 is 11.8 Å². The van der Waals surface area contributed by atoms with E-state index in [4.69, 9.17) is 4.74 Å². The molecule has 2 N–H and O–H groups in total. The molecule has 1 heterocycles. The van der Waals surface area contributed by atoms with E-state index in [0.29, 0.717) is 22.6 Å². The summed E-state index contributed by atoms with van der Waals surface area (Å²) >= 11 is 1.16. The van der Waals surface area contributed by atoms with Gasteiger partial charge in [-0.25, -0.2) is 4.98 Å². The second-order valence-electron chi connectivity index (χ2n) is 7.17. The van der Waals surface area contributed by atoms with Crippen LogP contribution < -0.4 is 10.1 Å². The average Bonchev–Trinajstić information content (AvgIpc) is 3.20. The number of benzene rings is 2. The number of thioether (sulfide) groups is 1. The van der Waals surface area contributed by atoms with Crippen LogP contribution in [0.3, 0.4) is 0 Å². The minimum absolute atomic E-state index is 0.0664. The Morgan fingerprint density at radius 3 is 2.68 bits per heavy atom. The minimum atomic E-state index is -0.500. The molecule has 0 bridgehead atoms. The van der Waals surface area contributed by atoms with Gasteiger partial charge in [0.2, 0.25) is 11.1 Å². The van der Waals surface area contributed by atoms with Crippen LogP contribution in [0.4, 0.5) is 11.4 Å². The van der Waals surface area contributed by atoms with E-state index >= 15 is 0 Å². The molecule has 9 nitrogen and oxygen atoms in total. The summed E-state index contributed by atoms with van der Waals surface area (Å²) in [7, 11) is 0. The van der Waals surface area contributed by atoms with Crippen molar-refractivity contribution in [3.63, 3.8) is 0 Å². The SMILES string of the molecule is Cc1ccc([N+](=O)[O-])cc1NC(=O)CSc1n[nH]c(COc2ccc(C(C)C)cc2)n1. The predicted octanol–water partition coefficient (Wildman–Crippen LogP) is 4.45. The van der Waals surface area contributed by atoms with Crippen LogP contribution in [0.2, 0.25) is 0 Å². The zero-order valence-corrected chi connectivity index (χ0v) is 18.2. The van der Waals surface area contributed by atoms with Crippen molar-refractivity contribution < 1.29 is 14.5 Å². The third-order valence-electron chi connectivity index (χ3n) is 4.47. The number of hydrogen-bond acceptors (Lipinski definition) is 7. The second kappa shape index (κ2) is 10.1. The Labute approximate surface area is 183 Å². The first-order chi connectivity index (χ1) is 14.8. The molecule has 0 saturated carbocycles. The van der Waals surface area contributed by atoms with Crippen LogP contribution in [0.15, 0.2) is 47.6 Å². The molecule has 0 saturated heterocycles. The van der Waals surface area contributed by atoms with Gasteiger partial charge in [0.25, 0.3) is 5.69 Å². The molecule has 0 unspecified atom stereocenters. The van der Waals surface area contributed by atoms with E-state index in [2.05, 4.69) is 34.3 Å². The normalized spacial score (nSPS) is 10.8. The largest absolute Gasteiger partial charge is 0.486 e. The Bertz CT molecular complexity index is 1070. The van der Waals surface area contributed by atoms with Gasteiger partial charge in [0.15, 0.2) is 5.82 Å². The van der Waals surface area contributed by atoms with Gasteiger partial charge in [0.05, 0.1) is 16.4 Å². The molecule has 2 aromatic carbocycles. The highest BCUT2D eigenvalue weighted by Crippen LogP contribution is 2.23. The fourth-order valence-electron chi connectivity index (χ4n) is 2.68. The maximum Gasteiger partial charge on any atom is 0.271 e. The summed E-state index contributed by atoms with van der Waals surface area (Å²) in [6.07, 6.45) is 0. The lowest BCUT2D eigenvalue weighted by Crippen LogP contribution is -2.15. The van der Waals surface area contributed by atoms with Crippen LogP contribution in [0, 0.1) is 17.0 Å². The van der Waals surface area contributed by atoms with Crippen molar-refractivity contribution >= 4 is 29.0 Å². The molecule has 0 atom stereocenters. The van der Waals surface area contributed by atoms with Gasteiger partial charge in [-0.15, -0.1) is 5.10 Å². The van der Waals surface area contributed by atoms with Gasteiger partial charge in [0, 0.05) is 12.1 Å². The first-order valence-corrected chi connectivity index (χ1v) is 10.6. The van der Waals surface area contributed by atoms with Gasteiger partial charge < -0.3 is 10.1 Å². The number of anilines is 1. The van der Waals surface area contributed by atoms with E-state index in [1.165, 1.54) is 17.7 Å². The molecule has 1 amide bonds.